The minimum atomic E-state index is -1.83. The van der Waals surface area contributed by atoms with Crippen molar-refractivity contribution in [3.8, 4) is 0 Å². The molecular weight excluding hydrogens is 193 g/mol. The van der Waals surface area contributed by atoms with Gasteiger partial charge >= 0.3 is 8.25 Å². The SMILES string of the molecule is CO[P+](=O)OC.C[N+](C)(C)CCO. The predicted molar refractivity (Wildman–Crippen MR) is 51.6 cm³/mol. The maximum absolute atomic E-state index is 9.88. The van der Waals surface area contributed by atoms with E-state index in [2.05, 4.69) is 30.2 Å². The number of aliphatic hydroxyl groups excluding tert-OH is 1. The van der Waals surface area contributed by atoms with Crippen LogP contribution in [0.1, 0.15) is 0 Å². The Morgan fingerprint density at radius 1 is 1.23 bits per heavy atom. The van der Waals surface area contributed by atoms with E-state index >= 15 is 0 Å². The molecule has 0 aromatic carbocycles. The average Bonchev–Trinajstić information content (AvgIpc) is 2.02. The third-order valence-corrected chi connectivity index (χ3v) is 1.67. The van der Waals surface area contributed by atoms with E-state index in [1.165, 1.54) is 14.2 Å². The van der Waals surface area contributed by atoms with Crippen LogP contribution in [0.4, 0.5) is 0 Å². The Bertz CT molecular complexity index is 129. The molecular formula is C7H20NO4P+2. The van der Waals surface area contributed by atoms with Crippen molar-refractivity contribution in [1.82, 2.24) is 0 Å². The lowest BCUT2D eigenvalue weighted by atomic mass is 10.5. The maximum atomic E-state index is 9.88. The lowest BCUT2D eigenvalue weighted by Crippen LogP contribution is -2.36. The van der Waals surface area contributed by atoms with Crippen molar-refractivity contribution < 1.29 is 23.2 Å². The zero-order valence-electron chi connectivity index (χ0n) is 8.98. The molecule has 13 heavy (non-hydrogen) atoms. The first kappa shape index (κ1) is 15.4. The van der Waals surface area contributed by atoms with E-state index in [-0.39, 0.29) is 6.61 Å². The molecule has 0 heterocycles. The van der Waals surface area contributed by atoms with Crippen molar-refractivity contribution in [1.29, 1.82) is 0 Å². The quantitative estimate of drug-likeness (QED) is 0.549. The van der Waals surface area contributed by atoms with Gasteiger partial charge in [-0.2, -0.15) is 0 Å². The third kappa shape index (κ3) is 18.7. The Labute approximate surface area is 80.8 Å². The van der Waals surface area contributed by atoms with Crippen LogP contribution in [0.25, 0.3) is 0 Å². The van der Waals surface area contributed by atoms with Crippen LogP contribution >= 0.6 is 8.25 Å². The second-order valence-electron chi connectivity index (χ2n) is 3.33. The van der Waals surface area contributed by atoms with Crippen molar-refractivity contribution in [3.63, 3.8) is 0 Å². The summed E-state index contributed by atoms with van der Waals surface area (Å²) in [5, 5.41) is 8.39. The Morgan fingerprint density at radius 2 is 1.62 bits per heavy atom. The summed E-state index contributed by atoms with van der Waals surface area (Å²) in [5.41, 5.74) is 0. The second-order valence-corrected chi connectivity index (χ2v) is 4.50. The molecule has 0 atom stereocenters. The fraction of sp³-hybridized carbons (Fsp3) is 1.00. The Kier molecular flexibility index (Phi) is 10.1. The number of quaternary nitrogens is 1. The highest BCUT2D eigenvalue weighted by Gasteiger charge is 2.10. The van der Waals surface area contributed by atoms with E-state index in [1.54, 1.807) is 0 Å². The van der Waals surface area contributed by atoms with Gasteiger partial charge in [0.1, 0.15) is 6.54 Å². The summed E-state index contributed by atoms with van der Waals surface area (Å²) in [6.45, 7) is 1.11. The van der Waals surface area contributed by atoms with Crippen LogP contribution in [0.3, 0.4) is 0 Å². The van der Waals surface area contributed by atoms with Crippen LogP contribution in [0.2, 0.25) is 0 Å². The summed E-state index contributed by atoms with van der Waals surface area (Å²) in [6.07, 6.45) is 0. The molecule has 0 aromatic rings. The van der Waals surface area contributed by atoms with E-state index in [0.717, 1.165) is 11.0 Å². The van der Waals surface area contributed by atoms with Gasteiger partial charge in [-0.05, 0) is 0 Å². The standard InChI is InChI=1S/C5H14NO.C2H6O3P/c1-6(2,3)4-5-7;1-4-6(3)5-2/h7H,4-5H2,1-3H3;1-2H3/q2*+1. The molecule has 0 saturated heterocycles. The Hall–Kier alpha value is -0.0600. The first-order valence-electron chi connectivity index (χ1n) is 3.84. The van der Waals surface area contributed by atoms with Gasteiger partial charge in [0.25, 0.3) is 0 Å². The van der Waals surface area contributed by atoms with E-state index < -0.39 is 8.25 Å². The molecule has 0 bridgehead atoms. The van der Waals surface area contributed by atoms with Gasteiger partial charge in [-0.1, -0.05) is 0 Å². The highest BCUT2D eigenvalue weighted by atomic mass is 31.1. The molecule has 80 valence electrons. The van der Waals surface area contributed by atoms with Gasteiger partial charge in [0.15, 0.2) is 0 Å². The maximum Gasteiger partial charge on any atom is 0.696 e. The summed E-state index contributed by atoms with van der Waals surface area (Å²) < 4.78 is 19.1. The number of hydrogen-bond acceptors (Lipinski definition) is 4. The minimum Gasteiger partial charge on any atom is -0.391 e. The number of hydrogen-bond donors (Lipinski definition) is 1. The molecule has 0 aromatic heterocycles. The van der Waals surface area contributed by atoms with Crippen LogP contribution in [-0.4, -0.2) is 58.1 Å². The van der Waals surface area contributed by atoms with Gasteiger partial charge in [0, 0.05) is 4.57 Å². The Balaban J connectivity index is 0. The molecule has 0 saturated carbocycles. The van der Waals surface area contributed by atoms with Gasteiger partial charge in [-0.15, -0.1) is 9.05 Å². The number of likely N-dealkylation sites (N-methyl/N-ethyl adjacent to an activating group) is 1. The van der Waals surface area contributed by atoms with E-state index in [0.29, 0.717) is 0 Å². The summed E-state index contributed by atoms with van der Waals surface area (Å²) in [6, 6.07) is 0. The number of nitrogens with zero attached hydrogens (tertiary/aromatic N) is 1. The molecule has 0 amide bonds. The largest absolute Gasteiger partial charge is 0.696 e. The summed E-state index contributed by atoms with van der Waals surface area (Å²) in [7, 11) is 6.97. The van der Waals surface area contributed by atoms with E-state index in [4.69, 9.17) is 5.11 Å². The molecule has 0 aliphatic rings. The van der Waals surface area contributed by atoms with Gasteiger partial charge in [-0.25, -0.2) is 0 Å². The van der Waals surface area contributed by atoms with Crippen molar-refractivity contribution in [3.05, 3.63) is 0 Å². The molecule has 0 unspecified atom stereocenters. The lowest BCUT2D eigenvalue weighted by molar-refractivity contribution is -0.870. The minimum absolute atomic E-state index is 0.281. The van der Waals surface area contributed by atoms with Gasteiger partial charge < -0.3 is 9.59 Å². The van der Waals surface area contributed by atoms with Gasteiger partial charge in [0.2, 0.25) is 0 Å². The smallest absolute Gasteiger partial charge is 0.391 e. The van der Waals surface area contributed by atoms with Crippen molar-refractivity contribution in [2.45, 2.75) is 0 Å². The summed E-state index contributed by atoms with van der Waals surface area (Å²) in [4.78, 5) is 0. The highest BCUT2D eigenvalue weighted by Crippen LogP contribution is 2.18. The molecule has 0 aliphatic carbocycles. The molecule has 1 N–H and O–H groups in total. The number of rotatable bonds is 4. The molecule has 6 heteroatoms. The lowest BCUT2D eigenvalue weighted by Gasteiger charge is -2.21. The monoisotopic (exact) mass is 213 g/mol. The second kappa shape index (κ2) is 8.53. The molecule has 0 aliphatic heterocycles. The van der Waals surface area contributed by atoms with Crippen LogP contribution in [0.5, 0.6) is 0 Å². The summed E-state index contributed by atoms with van der Waals surface area (Å²) in [5.74, 6) is 0. The third-order valence-electron chi connectivity index (χ3n) is 1.07. The topological polar surface area (TPSA) is 55.8 Å². The van der Waals surface area contributed by atoms with Crippen LogP contribution in [0.15, 0.2) is 0 Å². The van der Waals surface area contributed by atoms with Gasteiger partial charge in [-0.3, -0.25) is 0 Å². The van der Waals surface area contributed by atoms with Crippen LogP contribution in [-0.2, 0) is 13.6 Å². The van der Waals surface area contributed by atoms with Gasteiger partial charge in [0.05, 0.1) is 42.0 Å². The molecule has 0 fully saturated rings. The fourth-order valence-corrected chi connectivity index (χ4v) is 0.524. The van der Waals surface area contributed by atoms with Crippen molar-refractivity contribution in [2.24, 2.45) is 0 Å². The van der Waals surface area contributed by atoms with Crippen molar-refractivity contribution in [2.75, 3.05) is 48.5 Å². The Morgan fingerprint density at radius 3 is 1.62 bits per heavy atom. The zero-order chi connectivity index (χ0) is 10.9. The zero-order valence-corrected chi connectivity index (χ0v) is 9.88. The molecule has 0 rings (SSSR count). The van der Waals surface area contributed by atoms with E-state index in [1.807, 2.05) is 0 Å². The predicted octanol–water partition coefficient (Wildman–Crippen LogP) is 0.621. The highest BCUT2D eigenvalue weighted by molar-refractivity contribution is 7.33. The first-order valence-corrected chi connectivity index (χ1v) is 4.93. The average molecular weight is 213 g/mol. The summed E-state index contributed by atoms with van der Waals surface area (Å²) >= 11 is 0. The van der Waals surface area contributed by atoms with Crippen molar-refractivity contribution >= 4 is 8.25 Å². The van der Waals surface area contributed by atoms with Crippen LogP contribution in [0, 0.1) is 0 Å². The van der Waals surface area contributed by atoms with E-state index in [9.17, 15) is 4.57 Å². The normalized spacial score (nSPS) is 10.3. The molecule has 0 radical (unpaired) electrons. The first-order chi connectivity index (χ1) is 5.87. The number of aliphatic hydroxyl groups is 1. The van der Waals surface area contributed by atoms with Crippen LogP contribution < -0.4 is 0 Å². The molecule has 5 nitrogen and oxygen atoms in total. The molecule has 0 spiro atoms. The fourth-order valence-electron chi connectivity index (χ4n) is 0.375.